The van der Waals surface area contributed by atoms with Gasteiger partial charge in [-0.15, -0.1) is 0 Å². The SMILES string of the molecule is NNC(=O)c1cc(Br)cc(Br)c1O. The van der Waals surface area contributed by atoms with Crippen LogP contribution in [0.25, 0.3) is 0 Å². The Morgan fingerprint density at radius 3 is 2.62 bits per heavy atom. The van der Waals surface area contributed by atoms with E-state index in [2.05, 4.69) is 31.9 Å². The zero-order valence-corrected chi connectivity index (χ0v) is 9.52. The summed E-state index contributed by atoms with van der Waals surface area (Å²) in [6.45, 7) is 0. The highest BCUT2D eigenvalue weighted by molar-refractivity contribution is 9.11. The van der Waals surface area contributed by atoms with E-state index in [0.29, 0.717) is 8.95 Å². The third-order valence-corrected chi connectivity index (χ3v) is 2.47. The minimum absolute atomic E-state index is 0.115. The van der Waals surface area contributed by atoms with Gasteiger partial charge in [-0.25, -0.2) is 5.84 Å². The van der Waals surface area contributed by atoms with Crippen molar-refractivity contribution in [3.05, 3.63) is 26.6 Å². The molecule has 0 bridgehead atoms. The first kappa shape index (κ1) is 10.5. The number of rotatable bonds is 1. The number of hydrogen-bond donors (Lipinski definition) is 3. The van der Waals surface area contributed by atoms with E-state index in [0.717, 1.165) is 0 Å². The highest BCUT2D eigenvalue weighted by atomic mass is 79.9. The quantitative estimate of drug-likeness (QED) is 0.418. The Hall–Kier alpha value is -0.590. The molecular weight excluding hydrogens is 304 g/mol. The van der Waals surface area contributed by atoms with E-state index in [-0.39, 0.29) is 11.3 Å². The summed E-state index contributed by atoms with van der Waals surface area (Å²) < 4.78 is 1.11. The van der Waals surface area contributed by atoms with Gasteiger partial charge in [0.2, 0.25) is 0 Å². The fourth-order valence-corrected chi connectivity index (χ4v) is 2.04. The summed E-state index contributed by atoms with van der Waals surface area (Å²) >= 11 is 6.28. The molecule has 4 nitrogen and oxygen atoms in total. The molecule has 4 N–H and O–H groups in total. The number of aromatic hydroxyl groups is 1. The summed E-state index contributed by atoms with van der Waals surface area (Å²) in [6.07, 6.45) is 0. The van der Waals surface area contributed by atoms with Crippen molar-refractivity contribution in [1.29, 1.82) is 0 Å². The molecule has 0 radical (unpaired) electrons. The Morgan fingerprint density at radius 2 is 2.08 bits per heavy atom. The van der Waals surface area contributed by atoms with E-state index in [1.165, 1.54) is 6.07 Å². The maximum Gasteiger partial charge on any atom is 0.269 e. The van der Waals surface area contributed by atoms with E-state index < -0.39 is 5.91 Å². The van der Waals surface area contributed by atoms with Crippen LogP contribution in [-0.2, 0) is 0 Å². The van der Waals surface area contributed by atoms with Gasteiger partial charge >= 0.3 is 0 Å². The van der Waals surface area contributed by atoms with Crippen molar-refractivity contribution in [3.63, 3.8) is 0 Å². The summed E-state index contributed by atoms with van der Waals surface area (Å²) in [5.74, 6) is 4.26. The number of hydrazine groups is 1. The molecule has 0 atom stereocenters. The number of phenolic OH excluding ortho intramolecular Hbond substituents is 1. The number of phenols is 1. The van der Waals surface area contributed by atoms with Crippen LogP contribution in [0.1, 0.15) is 10.4 Å². The van der Waals surface area contributed by atoms with Crippen LogP contribution >= 0.6 is 31.9 Å². The lowest BCUT2D eigenvalue weighted by atomic mass is 10.2. The number of carbonyl (C=O) groups is 1. The predicted molar refractivity (Wildman–Crippen MR) is 55.2 cm³/mol. The Kier molecular flexibility index (Phi) is 3.29. The van der Waals surface area contributed by atoms with E-state index >= 15 is 0 Å². The Morgan fingerprint density at radius 1 is 1.46 bits per heavy atom. The number of nitrogen functional groups attached to an aromatic ring is 1. The van der Waals surface area contributed by atoms with Crippen molar-refractivity contribution < 1.29 is 9.90 Å². The lowest BCUT2D eigenvalue weighted by molar-refractivity contribution is 0.0951. The van der Waals surface area contributed by atoms with E-state index in [1.54, 1.807) is 6.07 Å². The lowest BCUT2D eigenvalue weighted by Crippen LogP contribution is -2.30. The predicted octanol–water partition coefficient (Wildman–Crippen LogP) is 1.52. The minimum atomic E-state index is -0.542. The van der Waals surface area contributed by atoms with Crippen LogP contribution in [-0.4, -0.2) is 11.0 Å². The Bertz CT molecular complexity index is 355. The van der Waals surface area contributed by atoms with Crippen LogP contribution in [0.4, 0.5) is 0 Å². The molecule has 0 aromatic heterocycles. The van der Waals surface area contributed by atoms with Crippen LogP contribution in [0.5, 0.6) is 5.75 Å². The molecule has 0 saturated carbocycles. The molecule has 0 saturated heterocycles. The van der Waals surface area contributed by atoms with Crippen molar-refractivity contribution in [1.82, 2.24) is 5.43 Å². The largest absolute Gasteiger partial charge is 0.506 e. The number of carbonyl (C=O) groups excluding carboxylic acids is 1. The average Bonchev–Trinajstić information content (AvgIpc) is 2.10. The Balaban J connectivity index is 3.28. The summed E-state index contributed by atoms with van der Waals surface area (Å²) in [4.78, 5) is 11.1. The van der Waals surface area contributed by atoms with E-state index in [4.69, 9.17) is 5.84 Å². The number of amides is 1. The van der Waals surface area contributed by atoms with Crippen molar-refractivity contribution >= 4 is 37.8 Å². The molecule has 0 aliphatic rings. The molecule has 0 spiro atoms. The molecule has 13 heavy (non-hydrogen) atoms. The molecule has 1 amide bonds. The first-order valence-corrected chi connectivity index (χ1v) is 4.84. The van der Waals surface area contributed by atoms with Gasteiger partial charge in [-0.2, -0.15) is 0 Å². The molecule has 1 aromatic carbocycles. The number of nitrogens with two attached hydrogens (primary N) is 1. The van der Waals surface area contributed by atoms with Crippen molar-refractivity contribution in [3.8, 4) is 5.75 Å². The highest BCUT2D eigenvalue weighted by Gasteiger charge is 2.13. The molecule has 0 aliphatic heterocycles. The fraction of sp³-hybridized carbons (Fsp3) is 0. The first-order valence-electron chi connectivity index (χ1n) is 3.25. The third-order valence-electron chi connectivity index (χ3n) is 1.40. The van der Waals surface area contributed by atoms with Gasteiger partial charge in [0.15, 0.2) is 0 Å². The third kappa shape index (κ3) is 2.20. The van der Waals surface area contributed by atoms with Gasteiger partial charge in [-0.1, -0.05) is 15.9 Å². The monoisotopic (exact) mass is 308 g/mol. The molecule has 0 fully saturated rings. The average molecular weight is 310 g/mol. The summed E-state index contributed by atoms with van der Waals surface area (Å²) in [5.41, 5.74) is 2.05. The highest BCUT2D eigenvalue weighted by Crippen LogP contribution is 2.31. The van der Waals surface area contributed by atoms with Gasteiger partial charge in [0, 0.05) is 4.47 Å². The molecule has 1 rings (SSSR count). The van der Waals surface area contributed by atoms with Gasteiger partial charge < -0.3 is 5.11 Å². The van der Waals surface area contributed by atoms with Crippen LogP contribution in [0, 0.1) is 0 Å². The fourth-order valence-electron chi connectivity index (χ4n) is 0.817. The van der Waals surface area contributed by atoms with Crippen LogP contribution < -0.4 is 11.3 Å². The normalized spacial score (nSPS) is 9.77. The molecule has 0 heterocycles. The molecular formula is C7H6Br2N2O2. The standard InChI is InChI=1S/C7H6Br2N2O2/c8-3-1-4(7(13)11-10)6(12)5(9)2-3/h1-2,12H,10H2,(H,11,13). The van der Waals surface area contributed by atoms with E-state index in [1.807, 2.05) is 5.43 Å². The molecule has 6 heteroatoms. The second-order valence-electron chi connectivity index (χ2n) is 2.26. The summed E-state index contributed by atoms with van der Waals surface area (Å²) in [7, 11) is 0. The van der Waals surface area contributed by atoms with Crippen LogP contribution in [0.15, 0.2) is 21.1 Å². The minimum Gasteiger partial charge on any atom is -0.506 e. The zero-order chi connectivity index (χ0) is 10.0. The van der Waals surface area contributed by atoms with Crippen LogP contribution in [0.3, 0.4) is 0 Å². The number of hydrogen-bond acceptors (Lipinski definition) is 3. The maximum atomic E-state index is 11.1. The maximum absolute atomic E-state index is 11.1. The smallest absolute Gasteiger partial charge is 0.269 e. The van der Waals surface area contributed by atoms with Gasteiger partial charge in [-0.05, 0) is 28.1 Å². The summed E-state index contributed by atoms with van der Waals surface area (Å²) in [5, 5.41) is 9.44. The van der Waals surface area contributed by atoms with Gasteiger partial charge in [0.25, 0.3) is 5.91 Å². The number of halogens is 2. The van der Waals surface area contributed by atoms with Crippen molar-refractivity contribution in [2.24, 2.45) is 5.84 Å². The number of nitrogens with one attached hydrogen (secondary N) is 1. The van der Waals surface area contributed by atoms with Crippen molar-refractivity contribution in [2.75, 3.05) is 0 Å². The zero-order valence-electron chi connectivity index (χ0n) is 6.34. The molecule has 70 valence electrons. The number of benzene rings is 1. The van der Waals surface area contributed by atoms with Gasteiger partial charge in [-0.3, -0.25) is 10.2 Å². The Labute approximate surface area is 91.3 Å². The topological polar surface area (TPSA) is 75.3 Å². The molecule has 0 aliphatic carbocycles. The molecule has 1 aromatic rings. The second kappa shape index (κ2) is 4.08. The van der Waals surface area contributed by atoms with Crippen molar-refractivity contribution in [2.45, 2.75) is 0 Å². The van der Waals surface area contributed by atoms with Crippen LogP contribution in [0.2, 0.25) is 0 Å². The summed E-state index contributed by atoms with van der Waals surface area (Å²) in [6, 6.07) is 3.10. The second-order valence-corrected chi connectivity index (χ2v) is 4.03. The van der Waals surface area contributed by atoms with Gasteiger partial charge in [0.05, 0.1) is 10.0 Å². The first-order chi connectivity index (χ1) is 6.06. The van der Waals surface area contributed by atoms with E-state index in [9.17, 15) is 9.90 Å². The molecule has 0 unspecified atom stereocenters. The van der Waals surface area contributed by atoms with Gasteiger partial charge in [0.1, 0.15) is 5.75 Å². The lowest BCUT2D eigenvalue weighted by Gasteiger charge is -2.05.